The van der Waals surface area contributed by atoms with Crippen LogP contribution in [0, 0.1) is 13.8 Å². The van der Waals surface area contributed by atoms with E-state index in [9.17, 15) is 4.79 Å². The highest BCUT2D eigenvalue weighted by Gasteiger charge is 2.10. The minimum atomic E-state index is -0.0418. The molecule has 3 N–H and O–H groups in total. The van der Waals surface area contributed by atoms with Crippen molar-refractivity contribution in [2.75, 3.05) is 23.8 Å². The summed E-state index contributed by atoms with van der Waals surface area (Å²) >= 11 is 1.74. The van der Waals surface area contributed by atoms with E-state index in [0.29, 0.717) is 12.2 Å². The number of aromatic nitrogens is 2. The Morgan fingerprint density at radius 1 is 1.61 bits per heavy atom. The Bertz CT molecular complexity index is 428. The largest absolute Gasteiger partial charge is 0.396 e. The first-order chi connectivity index (χ1) is 8.56. The molecule has 1 aromatic heterocycles. The van der Waals surface area contributed by atoms with Crippen LogP contribution in [0.15, 0.2) is 12.7 Å². The van der Waals surface area contributed by atoms with Crippen LogP contribution in [0.5, 0.6) is 0 Å². The normalized spacial score (nSPS) is 10.3. The zero-order valence-corrected chi connectivity index (χ0v) is 11.7. The van der Waals surface area contributed by atoms with Crippen molar-refractivity contribution in [1.82, 2.24) is 15.1 Å². The van der Waals surface area contributed by atoms with Crippen molar-refractivity contribution in [3.63, 3.8) is 0 Å². The van der Waals surface area contributed by atoms with E-state index < -0.39 is 0 Å². The number of hydrogen-bond donors (Lipinski definition) is 2. The van der Waals surface area contributed by atoms with Crippen molar-refractivity contribution in [1.29, 1.82) is 0 Å². The molecule has 0 aliphatic rings. The SMILES string of the molecule is C=CCSCCNC(=O)Cn1nc(C)c(N)c1C. The minimum absolute atomic E-state index is 0.0418. The Morgan fingerprint density at radius 3 is 2.89 bits per heavy atom. The number of thioether (sulfide) groups is 1. The van der Waals surface area contributed by atoms with Gasteiger partial charge in [-0.25, -0.2) is 0 Å². The Balaban J connectivity index is 2.35. The molecule has 0 unspecified atom stereocenters. The number of aryl methyl sites for hydroxylation is 1. The van der Waals surface area contributed by atoms with E-state index in [1.54, 1.807) is 16.4 Å². The molecule has 0 bridgehead atoms. The number of nitrogens with one attached hydrogen (secondary N) is 1. The molecule has 1 heterocycles. The van der Waals surface area contributed by atoms with Crippen LogP contribution < -0.4 is 11.1 Å². The third kappa shape index (κ3) is 4.10. The van der Waals surface area contributed by atoms with Crippen LogP contribution in [-0.2, 0) is 11.3 Å². The second kappa shape index (κ2) is 7.10. The molecule has 0 radical (unpaired) electrons. The van der Waals surface area contributed by atoms with Gasteiger partial charge in [-0.2, -0.15) is 16.9 Å². The molecule has 0 saturated heterocycles. The maximum atomic E-state index is 11.7. The number of rotatable bonds is 7. The van der Waals surface area contributed by atoms with Gasteiger partial charge >= 0.3 is 0 Å². The van der Waals surface area contributed by atoms with E-state index in [1.807, 2.05) is 19.9 Å². The van der Waals surface area contributed by atoms with Crippen molar-refractivity contribution < 1.29 is 4.79 Å². The summed E-state index contributed by atoms with van der Waals surface area (Å²) < 4.78 is 1.64. The molecule has 5 nitrogen and oxygen atoms in total. The summed E-state index contributed by atoms with van der Waals surface area (Å²) in [7, 11) is 0. The summed E-state index contributed by atoms with van der Waals surface area (Å²) in [6, 6.07) is 0. The molecule has 6 heteroatoms. The van der Waals surface area contributed by atoms with Gasteiger partial charge in [-0.05, 0) is 13.8 Å². The van der Waals surface area contributed by atoms with Gasteiger partial charge < -0.3 is 11.1 Å². The van der Waals surface area contributed by atoms with Gasteiger partial charge in [0.05, 0.1) is 17.1 Å². The van der Waals surface area contributed by atoms with Gasteiger partial charge in [0.15, 0.2) is 0 Å². The predicted octanol–water partition coefficient (Wildman–Crippen LogP) is 1.12. The van der Waals surface area contributed by atoms with Crippen LogP contribution in [0.1, 0.15) is 11.4 Å². The van der Waals surface area contributed by atoms with E-state index in [2.05, 4.69) is 17.0 Å². The van der Waals surface area contributed by atoms with E-state index in [-0.39, 0.29) is 12.5 Å². The van der Waals surface area contributed by atoms with Crippen LogP contribution in [0.25, 0.3) is 0 Å². The molecule has 0 fully saturated rings. The maximum Gasteiger partial charge on any atom is 0.241 e. The molecule has 1 aromatic rings. The fourth-order valence-electron chi connectivity index (χ4n) is 1.49. The standard InChI is InChI=1S/C12H20N4OS/c1-4-6-18-7-5-14-11(17)8-16-10(3)12(13)9(2)15-16/h4H,1,5-8,13H2,2-3H3,(H,14,17). The third-order valence-corrected chi connectivity index (χ3v) is 3.50. The van der Waals surface area contributed by atoms with Gasteiger partial charge in [-0.1, -0.05) is 6.08 Å². The van der Waals surface area contributed by atoms with Gasteiger partial charge in [-0.15, -0.1) is 6.58 Å². The van der Waals surface area contributed by atoms with Gasteiger partial charge in [0.25, 0.3) is 0 Å². The second-order valence-electron chi connectivity index (χ2n) is 3.96. The highest BCUT2D eigenvalue weighted by atomic mass is 32.2. The average molecular weight is 268 g/mol. The summed E-state index contributed by atoms with van der Waals surface area (Å²) in [6.07, 6.45) is 1.85. The molecule has 1 amide bonds. The lowest BCUT2D eigenvalue weighted by atomic mass is 10.3. The van der Waals surface area contributed by atoms with Crippen molar-refractivity contribution >= 4 is 23.4 Å². The molecule has 1 rings (SSSR count). The van der Waals surface area contributed by atoms with Gasteiger partial charge in [-0.3, -0.25) is 9.48 Å². The predicted molar refractivity (Wildman–Crippen MR) is 76.6 cm³/mol. The van der Waals surface area contributed by atoms with E-state index in [4.69, 9.17) is 5.73 Å². The van der Waals surface area contributed by atoms with Gasteiger partial charge in [0.2, 0.25) is 5.91 Å². The van der Waals surface area contributed by atoms with Crippen molar-refractivity contribution in [3.05, 3.63) is 24.0 Å². The van der Waals surface area contributed by atoms with E-state index >= 15 is 0 Å². The molecule has 0 spiro atoms. The second-order valence-corrected chi connectivity index (χ2v) is 5.11. The summed E-state index contributed by atoms with van der Waals surface area (Å²) in [5.41, 5.74) is 8.06. The monoisotopic (exact) mass is 268 g/mol. The highest BCUT2D eigenvalue weighted by molar-refractivity contribution is 7.99. The van der Waals surface area contributed by atoms with Crippen LogP contribution in [0.3, 0.4) is 0 Å². The first-order valence-corrected chi connectivity index (χ1v) is 6.96. The Morgan fingerprint density at radius 2 is 2.33 bits per heavy atom. The van der Waals surface area contributed by atoms with Crippen molar-refractivity contribution in [3.8, 4) is 0 Å². The zero-order chi connectivity index (χ0) is 13.5. The first-order valence-electron chi connectivity index (χ1n) is 5.81. The van der Waals surface area contributed by atoms with E-state index in [1.165, 1.54) is 0 Å². The highest BCUT2D eigenvalue weighted by Crippen LogP contribution is 2.14. The van der Waals surface area contributed by atoms with Crippen LogP contribution in [-0.4, -0.2) is 33.7 Å². The van der Waals surface area contributed by atoms with Crippen molar-refractivity contribution in [2.45, 2.75) is 20.4 Å². The Hall–Kier alpha value is -1.43. The van der Waals surface area contributed by atoms with Crippen LogP contribution >= 0.6 is 11.8 Å². The fourth-order valence-corrected chi connectivity index (χ4v) is 2.07. The van der Waals surface area contributed by atoms with Gasteiger partial charge in [0, 0.05) is 18.1 Å². The molecule has 100 valence electrons. The number of nitrogens with two attached hydrogens (primary N) is 1. The number of hydrogen-bond acceptors (Lipinski definition) is 4. The van der Waals surface area contributed by atoms with Crippen LogP contribution in [0.4, 0.5) is 5.69 Å². The number of nitrogen functional groups attached to an aromatic ring is 1. The number of carbonyl (C=O) groups excluding carboxylic acids is 1. The number of anilines is 1. The smallest absolute Gasteiger partial charge is 0.241 e. The maximum absolute atomic E-state index is 11.7. The van der Waals surface area contributed by atoms with Crippen molar-refractivity contribution in [2.24, 2.45) is 0 Å². The number of nitrogens with zero attached hydrogens (tertiary/aromatic N) is 2. The first kappa shape index (κ1) is 14.6. The van der Waals surface area contributed by atoms with Crippen LogP contribution in [0.2, 0.25) is 0 Å². The fraction of sp³-hybridized carbons (Fsp3) is 0.500. The molecule has 0 aliphatic carbocycles. The topological polar surface area (TPSA) is 72.9 Å². The molecule has 18 heavy (non-hydrogen) atoms. The average Bonchev–Trinajstić information content (AvgIpc) is 2.57. The lowest BCUT2D eigenvalue weighted by Gasteiger charge is -2.06. The molecular weight excluding hydrogens is 248 g/mol. The third-order valence-electron chi connectivity index (χ3n) is 2.54. The summed E-state index contributed by atoms with van der Waals surface area (Å²) in [5.74, 6) is 1.75. The molecule has 0 aliphatic heterocycles. The molecule has 0 saturated carbocycles. The molecule has 0 atom stereocenters. The van der Waals surface area contributed by atoms with E-state index in [0.717, 1.165) is 22.9 Å². The summed E-state index contributed by atoms with van der Waals surface area (Å²) in [5, 5.41) is 7.07. The summed E-state index contributed by atoms with van der Waals surface area (Å²) in [4.78, 5) is 11.7. The summed E-state index contributed by atoms with van der Waals surface area (Å²) in [6.45, 7) is 8.21. The lowest BCUT2D eigenvalue weighted by molar-refractivity contribution is -0.121. The zero-order valence-electron chi connectivity index (χ0n) is 10.9. The molecular formula is C12H20N4OS. The molecule has 0 aromatic carbocycles. The van der Waals surface area contributed by atoms with Gasteiger partial charge in [0.1, 0.15) is 6.54 Å². The lowest BCUT2D eigenvalue weighted by Crippen LogP contribution is -2.30. The number of amides is 1. The minimum Gasteiger partial charge on any atom is -0.396 e. The number of carbonyl (C=O) groups is 1. The Labute approximate surface area is 112 Å². The Kier molecular flexibility index (Phi) is 5.77. The quantitative estimate of drug-likeness (QED) is 0.574.